The zero-order valence-electron chi connectivity index (χ0n) is 27.9. The number of pyridine rings is 1. The van der Waals surface area contributed by atoms with Crippen LogP contribution >= 0.6 is 0 Å². The van der Waals surface area contributed by atoms with Crippen LogP contribution in [0, 0.1) is 11.6 Å². The number of phenolic OH excluding ortho intramolecular Hbond substituents is 1. The van der Waals surface area contributed by atoms with Crippen LogP contribution in [-0.2, 0) is 11.3 Å². The van der Waals surface area contributed by atoms with Gasteiger partial charge in [0, 0.05) is 30.8 Å². The molecule has 1 fully saturated rings. The lowest BCUT2D eigenvalue weighted by molar-refractivity contribution is -0.0529. The summed E-state index contributed by atoms with van der Waals surface area (Å²) < 4.78 is 68.5. The van der Waals surface area contributed by atoms with E-state index in [2.05, 4.69) is 30.2 Å². The number of rotatable bonds is 11. The van der Waals surface area contributed by atoms with Crippen molar-refractivity contribution >= 4 is 34.3 Å². The van der Waals surface area contributed by atoms with E-state index in [0.29, 0.717) is 29.9 Å². The van der Waals surface area contributed by atoms with Gasteiger partial charge in [0.15, 0.2) is 22.7 Å². The van der Waals surface area contributed by atoms with Gasteiger partial charge in [-0.3, -0.25) is 4.98 Å². The quantitative estimate of drug-likeness (QED) is 0.0895. The molecule has 0 radical (unpaired) electrons. The number of esters is 1. The first kappa shape index (κ1) is 36.1. The van der Waals surface area contributed by atoms with Crippen LogP contribution in [0.1, 0.15) is 35.7 Å². The summed E-state index contributed by atoms with van der Waals surface area (Å²) in [6, 6.07) is 7.46. The lowest BCUT2D eigenvalue weighted by Gasteiger charge is -2.44. The SMILES string of the molecule is CCOC(=O)c1ccc(N=Nc2ncnc3c2ncn3Cc2cc(-c3cc(F)c(OC)cc3F)ncc2N2CCC[C@](N)([C@H](O)C(F)F)C2)cc1O. The van der Waals surface area contributed by atoms with Crippen LogP contribution < -0.4 is 15.4 Å². The largest absolute Gasteiger partial charge is 0.507 e. The monoisotopic (exact) mass is 723 g/mol. The van der Waals surface area contributed by atoms with Crippen LogP contribution in [0.4, 0.5) is 34.8 Å². The van der Waals surface area contributed by atoms with E-state index in [1.807, 2.05) is 0 Å². The van der Waals surface area contributed by atoms with Gasteiger partial charge in [0.05, 0.1) is 55.4 Å². The Kier molecular flexibility index (Phi) is 10.3. The molecule has 6 rings (SSSR count). The number of benzene rings is 2. The minimum absolute atomic E-state index is 0.0316. The summed E-state index contributed by atoms with van der Waals surface area (Å²) >= 11 is 0. The second-order valence-corrected chi connectivity index (χ2v) is 12.1. The number of anilines is 1. The number of piperidine rings is 1. The molecule has 272 valence electrons. The molecule has 52 heavy (non-hydrogen) atoms. The molecule has 1 saturated heterocycles. The van der Waals surface area contributed by atoms with E-state index in [1.54, 1.807) is 16.4 Å². The molecule has 1 aliphatic heterocycles. The molecule has 1 aliphatic rings. The van der Waals surface area contributed by atoms with E-state index in [4.69, 9.17) is 15.2 Å². The molecule has 0 amide bonds. The summed E-state index contributed by atoms with van der Waals surface area (Å²) in [4.78, 5) is 31.1. The highest BCUT2D eigenvalue weighted by Crippen LogP contribution is 2.35. The van der Waals surface area contributed by atoms with Gasteiger partial charge in [-0.1, -0.05) is 0 Å². The number of nitrogens with zero attached hydrogens (tertiary/aromatic N) is 8. The van der Waals surface area contributed by atoms with Crippen LogP contribution in [0.15, 0.2) is 65.5 Å². The molecule has 2 atom stereocenters. The Morgan fingerprint density at radius 1 is 1.10 bits per heavy atom. The summed E-state index contributed by atoms with van der Waals surface area (Å²) in [7, 11) is 1.21. The Morgan fingerprint density at radius 3 is 2.63 bits per heavy atom. The molecule has 0 spiro atoms. The van der Waals surface area contributed by atoms with Crippen molar-refractivity contribution in [3.63, 3.8) is 0 Å². The molecule has 18 heteroatoms. The Hall–Kier alpha value is -5.75. The van der Waals surface area contributed by atoms with E-state index < -0.39 is 35.7 Å². The van der Waals surface area contributed by atoms with Gasteiger partial charge in [0.1, 0.15) is 29.6 Å². The summed E-state index contributed by atoms with van der Waals surface area (Å²) in [5, 5.41) is 28.9. The molecule has 0 unspecified atom stereocenters. The van der Waals surface area contributed by atoms with Gasteiger partial charge >= 0.3 is 5.97 Å². The van der Waals surface area contributed by atoms with Crippen LogP contribution in [0.2, 0.25) is 0 Å². The number of methoxy groups -OCH3 is 1. The summed E-state index contributed by atoms with van der Waals surface area (Å²) in [5.74, 6) is -2.84. The van der Waals surface area contributed by atoms with E-state index in [-0.39, 0.29) is 71.5 Å². The first-order valence-electron chi connectivity index (χ1n) is 16.0. The van der Waals surface area contributed by atoms with Crippen LogP contribution in [-0.4, -0.2) is 85.6 Å². The van der Waals surface area contributed by atoms with Gasteiger partial charge < -0.3 is 34.9 Å². The zero-order valence-corrected chi connectivity index (χ0v) is 27.9. The Bertz CT molecular complexity index is 2150. The van der Waals surface area contributed by atoms with E-state index >= 15 is 4.39 Å². The Balaban J connectivity index is 1.37. The highest BCUT2D eigenvalue weighted by Gasteiger charge is 2.43. The first-order valence-corrected chi connectivity index (χ1v) is 16.0. The number of nitrogens with two attached hydrogens (primary N) is 1. The number of imidazole rings is 1. The van der Waals surface area contributed by atoms with Crippen molar-refractivity contribution in [1.82, 2.24) is 24.5 Å². The number of hydrogen-bond donors (Lipinski definition) is 3. The third-order valence-corrected chi connectivity index (χ3v) is 8.67. The number of fused-ring (bicyclic) bond motifs is 1. The van der Waals surface area contributed by atoms with E-state index in [1.165, 1.54) is 50.2 Å². The summed E-state index contributed by atoms with van der Waals surface area (Å²) in [5.41, 5.74) is 6.32. The fraction of sp³-hybridized carbons (Fsp3) is 0.324. The molecule has 0 aliphatic carbocycles. The zero-order chi connectivity index (χ0) is 37.2. The number of azo groups is 1. The number of aliphatic hydroxyl groups excluding tert-OH is 1. The number of carbonyl (C=O) groups excluding carboxylic acids is 1. The number of hydrogen-bond acceptors (Lipinski definition) is 13. The van der Waals surface area contributed by atoms with Crippen LogP contribution in [0.25, 0.3) is 22.4 Å². The number of alkyl halides is 2. The van der Waals surface area contributed by atoms with Gasteiger partial charge in [-0.25, -0.2) is 37.3 Å². The first-order chi connectivity index (χ1) is 24.9. The summed E-state index contributed by atoms with van der Waals surface area (Å²) in [6.07, 6.45) is -0.479. The maximum absolute atomic E-state index is 15.2. The highest BCUT2D eigenvalue weighted by molar-refractivity contribution is 5.93. The van der Waals surface area contributed by atoms with Crippen molar-refractivity contribution in [3.8, 4) is 22.8 Å². The maximum Gasteiger partial charge on any atom is 0.341 e. The predicted molar refractivity (Wildman–Crippen MR) is 179 cm³/mol. The number of carbonyl (C=O) groups is 1. The average molecular weight is 724 g/mol. The number of aliphatic hydroxyl groups is 1. The normalized spacial score (nSPS) is 16.9. The van der Waals surface area contributed by atoms with Crippen molar-refractivity contribution in [2.45, 2.75) is 44.4 Å². The van der Waals surface area contributed by atoms with Gasteiger partial charge in [-0.15, -0.1) is 10.2 Å². The van der Waals surface area contributed by atoms with E-state index in [0.717, 1.165) is 12.1 Å². The molecule has 0 saturated carbocycles. The molecule has 4 N–H and O–H groups in total. The molecule has 4 heterocycles. The number of aromatic nitrogens is 5. The van der Waals surface area contributed by atoms with Gasteiger partial charge in [-0.2, -0.15) is 0 Å². The van der Waals surface area contributed by atoms with Gasteiger partial charge in [0.2, 0.25) is 5.82 Å². The van der Waals surface area contributed by atoms with Crippen LogP contribution in [0.3, 0.4) is 0 Å². The lowest BCUT2D eigenvalue weighted by atomic mass is 9.84. The van der Waals surface area contributed by atoms with E-state index in [9.17, 15) is 28.2 Å². The second kappa shape index (κ2) is 14.8. The third kappa shape index (κ3) is 7.20. The van der Waals surface area contributed by atoms with Crippen molar-refractivity contribution in [2.24, 2.45) is 16.0 Å². The second-order valence-electron chi connectivity index (χ2n) is 12.1. The highest BCUT2D eigenvalue weighted by atomic mass is 19.3. The fourth-order valence-electron chi connectivity index (χ4n) is 6.05. The van der Waals surface area contributed by atoms with Gasteiger partial charge in [0.25, 0.3) is 6.43 Å². The Morgan fingerprint density at radius 2 is 1.90 bits per heavy atom. The molecule has 2 aromatic carbocycles. The molecular formula is C34H33F4N9O5. The average Bonchev–Trinajstić information content (AvgIpc) is 3.54. The third-order valence-electron chi connectivity index (χ3n) is 8.67. The molecule has 0 bridgehead atoms. The fourth-order valence-corrected chi connectivity index (χ4v) is 6.05. The van der Waals surface area contributed by atoms with Crippen molar-refractivity contribution in [3.05, 3.63) is 78.0 Å². The topological polar surface area (TPSA) is 186 Å². The van der Waals surface area contributed by atoms with Gasteiger partial charge in [-0.05, 0) is 49.6 Å². The molecule has 3 aromatic heterocycles. The standard InChI is InChI=1S/C34H33F4N9O5/c1-3-52-33(50)20-6-5-19(10-26(20)48)44-45-31-28-32(42-16-41-31)47(17-43-28)14-18-9-24(21-11-23(36)27(51-2)12-22(21)35)40-13-25(18)46-8-4-7-34(39,15-46)29(49)30(37)38/h5-6,9-13,16-17,29-30,48-49H,3-4,7-8,14-15,39H2,1-2H3/t29-,34-/m1/s1. The van der Waals surface area contributed by atoms with Crippen molar-refractivity contribution in [1.29, 1.82) is 0 Å². The lowest BCUT2D eigenvalue weighted by Crippen LogP contribution is -2.63. The predicted octanol–water partition coefficient (Wildman–Crippen LogP) is 5.44. The molecule has 14 nitrogen and oxygen atoms in total. The molecule has 5 aromatic rings. The van der Waals surface area contributed by atoms with Crippen LogP contribution in [0.5, 0.6) is 11.5 Å². The number of aromatic hydroxyl groups is 1. The summed E-state index contributed by atoms with van der Waals surface area (Å²) in [6.45, 7) is 2.07. The minimum atomic E-state index is -3.06. The Labute approximate surface area is 293 Å². The number of ether oxygens (including phenoxy) is 2. The molecular weight excluding hydrogens is 690 g/mol. The number of phenols is 1. The van der Waals surface area contributed by atoms with Crippen molar-refractivity contribution < 1.29 is 42.0 Å². The van der Waals surface area contributed by atoms with Crippen molar-refractivity contribution in [2.75, 3.05) is 31.7 Å². The number of halogens is 4. The smallest absolute Gasteiger partial charge is 0.341 e. The maximum atomic E-state index is 15.2. The minimum Gasteiger partial charge on any atom is -0.507 e.